The van der Waals surface area contributed by atoms with Gasteiger partial charge in [0.05, 0.1) is 19.4 Å². The van der Waals surface area contributed by atoms with Gasteiger partial charge in [0.1, 0.15) is 17.1 Å². The lowest BCUT2D eigenvalue weighted by Crippen LogP contribution is -2.41. The molecule has 2 aromatic carbocycles. The third kappa shape index (κ3) is 24.9. The summed E-state index contributed by atoms with van der Waals surface area (Å²) in [6.07, 6.45) is 5.03. The molecule has 0 radical (unpaired) electrons. The quantitative estimate of drug-likeness (QED) is 0.0525. The highest BCUT2D eigenvalue weighted by molar-refractivity contribution is 7.10. The Balaban J connectivity index is 0.000000502. The summed E-state index contributed by atoms with van der Waals surface area (Å²) in [5, 5.41) is 22.6. The zero-order valence-corrected chi connectivity index (χ0v) is 43.5. The molecule has 0 spiro atoms. The van der Waals surface area contributed by atoms with Crippen LogP contribution in [0.15, 0.2) is 71.4 Å². The average molecular weight is 1030 g/mol. The number of rotatable bonds is 17. The SMILES string of the molecule is CC(C)(C)OC(=O)CCC(=O)O.CCCN(CCc1cccs1)[C@H]1CCc2c(O)cccc2C1.CCCN(CCc1cccs1)[C@H]1CCc2c(cccc2OC(=O)CN)C1.Cl.O=CC(F)(F)F.[2H]CC. The zero-order valence-electron chi connectivity index (χ0n) is 42.1. The molecule has 4 aromatic rings. The van der Waals surface area contributed by atoms with Crippen molar-refractivity contribution in [3.8, 4) is 11.5 Å². The first-order chi connectivity index (χ1) is 32.8. The molecule has 6 rings (SSSR count). The van der Waals surface area contributed by atoms with E-state index in [2.05, 4.69) is 70.8 Å². The Hall–Kier alpha value is -4.32. The van der Waals surface area contributed by atoms with Crippen molar-refractivity contribution in [2.75, 3.05) is 32.7 Å². The van der Waals surface area contributed by atoms with Crippen molar-refractivity contribution in [3.63, 3.8) is 0 Å². The van der Waals surface area contributed by atoms with Crippen LogP contribution < -0.4 is 10.5 Å². The molecule has 0 saturated heterocycles. The number of nitrogens with two attached hydrogens (primary N) is 1. The van der Waals surface area contributed by atoms with E-state index in [0.717, 1.165) is 71.0 Å². The number of ether oxygens (including phenoxy) is 2. The Morgan fingerprint density at radius 1 is 0.797 bits per heavy atom. The molecule has 2 aliphatic carbocycles. The minimum atomic E-state index is -4.64. The van der Waals surface area contributed by atoms with Crippen LogP contribution in [0, 0.1) is 0 Å². The van der Waals surface area contributed by atoms with Gasteiger partial charge in [-0.1, -0.05) is 64.1 Å². The molecule has 386 valence electrons. The number of carboxylic acids is 1. The van der Waals surface area contributed by atoms with E-state index in [1.807, 2.05) is 46.9 Å². The second-order valence-electron chi connectivity index (χ2n) is 17.2. The van der Waals surface area contributed by atoms with Crippen molar-refractivity contribution in [1.29, 1.82) is 0 Å². The standard InChI is InChI=1S/C21H28N2O2S.C19H25NOS.C8H14O4.C2HF3O.C2H6.ClH/c1-2-11-23(12-10-18-6-4-13-26-18)17-8-9-19-16(14-17)5-3-7-20(19)25-21(24)15-22;1-2-11-20(12-10-17-6-4-13-22-17)16-8-9-18-15(14-16)5-3-7-19(18)21;1-8(2,3)12-7(11)5-4-6(9)10;3-2(4,5)1-6;1-2;/h3-7,13,17H,2,8-12,14-15,22H2,1H3;3-7,13,16,21H,2,8-12,14H2,1H3;4-5H2,1-3H3,(H,9,10);1H;1-2H3;1H/t17-;16-;;;;/m00..../s1/i;;;;1D;. The number of carboxylic acid groups (broad SMARTS) is 1. The maximum atomic E-state index is 11.6. The van der Waals surface area contributed by atoms with Crippen LogP contribution in [0.25, 0.3) is 0 Å². The number of phenols is 1. The van der Waals surface area contributed by atoms with Crippen molar-refractivity contribution < 1.29 is 53.4 Å². The molecular weight excluding hydrogens is 951 g/mol. The molecule has 0 saturated carbocycles. The van der Waals surface area contributed by atoms with Gasteiger partial charge in [-0.3, -0.25) is 29.0 Å². The Morgan fingerprint density at radius 3 is 1.70 bits per heavy atom. The highest BCUT2D eigenvalue weighted by Crippen LogP contribution is 2.33. The fourth-order valence-electron chi connectivity index (χ4n) is 7.95. The summed E-state index contributed by atoms with van der Waals surface area (Å²) in [5.74, 6) is -0.650. The van der Waals surface area contributed by atoms with Crippen LogP contribution in [-0.4, -0.2) is 101 Å². The molecule has 0 fully saturated rings. The maximum absolute atomic E-state index is 11.6. The number of carbonyl (C=O) groups excluding carboxylic acids is 3. The fraction of sp³-hybridized carbons (Fsp3) is 0.538. The fourth-order valence-corrected chi connectivity index (χ4v) is 9.35. The lowest BCUT2D eigenvalue weighted by atomic mass is 9.86. The van der Waals surface area contributed by atoms with Crippen LogP contribution in [0.2, 0.25) is 0 Å². The number of aliphatic carboxylic acids is 1. The number of hydrogen-bond acceptors (Lipinski definition) is 12. The molecular formula is C52H75ClF3N3O8S2. The van der Waals surface area contributed by atoms with E-state index in [0.29, 0.717) is 30.5 Å². The number of halogens is 4. The molecule has 2 heterocycles. The summed E-state index contributed by atoms with van der Waals surface area (Å²) in [6, 6.07) is 21.9. The molecule has 2 aliphatic rings. The second-order valence-corrected chi connectivity index (χ2v) is 19.2. The van der Waals surface area contributed by atoms with Gasteiger partial charge in [-0.15, -0.1) is 35.1 Å². The zero-order chi connectivity index (χ0) is 51.4. The first kappa shape index (κ1) is 60.8. The molecule has 0 bridgehead atoms. The summed E-state index contributed by atoms with van der Waals surface area (Å²) in [6.45, 7) is 16.5. The number of aromatic hydroxyl groups is 1. The average Bonchev–Trinajstić information content (AvgIpc) is 4.04. The monoisotopic (exact) mass is 1030 g/mol. The number of nitrogens with zero attached hydrogens (tertiary/aromatic N) is 2. The van der Waals surface area contributed by atoms with E-state index in [1.165, 1.54) is 51.4 Å². The van der Waals surface area contributed by atoms with Crippen molar-refractivity contribution in [1.82, 2.24) is 9.80 Å². The first-order valence-electron chi connectivity index (χ1n) is 24.1. The van der Waals surface area contributed by atoms with E-state index in [1.54, 1.807) is 27.7 Å². The third-order valence-electron chi connectivity index (χ3n) is 10.8. The number of alkyl halides is 3. The van der Waals surface area contributed by atoms with E-state index in [4.69, 9.17) is 26.5 Å². The van der Waals surface area contributed by atoms with Crippen LogP contribution in [-0.2, 0) is 62.4 Å². The lowest BCUT2D eigenvalue weighted by Gasteiger charge is -2.35. The van der Waals surface area contributed by atoms with Gasteiger partial charge >= 0.3 is 24.1 Å². The third-order valence-corrected chi connectivity index (χ3v) is 12.7. The number of phenolic OH excluding ortho intramolecular Hbond substituents is 1. The molecule has 17 heteroatoms. The van der Waals surface area contributed by atoms with Gasteiger partial charge in [-0.25, -0.2) is 0 Å². The van der Waals surface area contributed by atoms with Crippen LogP contribution in [0.3, 0.4) is 0 Å². The van der Waals surface area contributed by atoms with Crippen molar-refractivity contribution in [3.05, 3.63) is 103 Å². The normalized spacial score (nSPS) is 15.0. The number of carbonyl (C=O) groups is 4. The first-order valence-corrected chi connectivity index (χ1v) is 25.1. The largest absolute Gasteiger partial charge is 0.508 e. The summed E-state index contributed by atoms with van der Waals surface area (Å²) < 4.78 is 47.8. The van der Waals surface area contributed by atoms with E-state index >= 15 is 0 Å². The highest BCUT2D eigenvalue weighted by atomic mass is 35.5. The van der Waals surface area contributed by atoms with Gasteiger partial charge in [0.15, 0.2) is 0 Å². The summed E-state index contributed by atoms with van der Waals surface area (Å²) in [5.41, 5.74) is 9.85. The minimum Gasteiger partial charge on any atom is -0.508 e. The molecule has 0 unspecified atom stereocenters. The van der Waals surface area contributed by atoms with E-state index in [-0.39, 0.29) is 37.8 Å². The molecule has 4 N–H and O–H groups in total. The molecule has 11 nitrogen and oxygen atoms in total. The number of fused-ring (bicyclic) bond motifs is 2. The van der Waals surface area contributed by atoms with Gasteiger partial charge in [-0.2, -0.15) is 13.2 Å². The summed E-state index contributed by atoms with van der Waals surface area (Å²) in [4.78, 5) is 49.4. The van der Waals surface area contributed by atoms with Gasteiger partial charge < -0.3 is 25.4 Å². The Kier molecular flexibility index (Phi) is 29.3. The second kappa shape index (κ2) is 33.3. The van der Waals surface area contributed by atoms with E-state index < -0.39 is 30.0 Å². The van der Waals surface area contributed by atoms with Crippen LogP contribution in [0.5, 0.6) is 11.5 Å². The minimum absolute atomic E-state index is 0. The predicted molar refractivity (Wildman–Crippen MR) is 274 cm³/mol. The molecule has 0 amide bonds. The number of esters is 2. The van der Waals surface area contributed by atoms with Crippen molar-refractivity contribution in [2.24, 2.45) is 5.73 Å². The van der Waals surface area contributed by atoms with Gasteiger partial charge in [-0.05, 0) is 155 Å². The Bertz CT molecular complexity index is 2090. The van der Waals surface area contributed by atoms with Crippen LogP contribution in [0.4, 0.5) is 13.2 Å². The van der Waals surface area contributed by atoms with E-state index in [9.17, 15) is 32.7 Å². The number of aldehydes is 1. The van der Waals surface area contributed by atoms with Gasteiger partial charge in [0, 0.05) is 36.3 Å². The van der Waals surface area contributed by atoms with Gasteiger partial charge in [0.25, 0.3) is 0 Å². The van der Waals surface area contributed by atoms with Crippen LogP contribution >= 0.6 is 35.1 Å². The predicted octanol–water partition coefficient (Wildman–Crippen LogP) is 11.1. The molecule has 0 aliphatic heterocycles. The number of thiophene rings is 2. The molecule has 2 atom stereocenters. The Morgan fingerprint density at radius 2 is 1.28 bits per heavy atom. The number of hydrogen-bond donors (Lipinski definition) is 3. The highest BCUT2D eigenvalue weighted by Gasteiger charge is 2.28. The summed E-state index contributed by atoms with van der Waals surface area (Å²) >= 11 is 3.70. The summed E-state index contributed by atoms with van der Waals surface area (Å²) in [7, 11) is 0. The smallest absolute Gasteiger partial charge is 0.446 e. The topological polar surface area (TPSA) is 160 Å². The maximum Gasteiger partial charge on any atom is 0.446 e. The molecule has 2 aromatic heterocycles. The number of benzene rings is 2. The van der Waals surface area contributed by atoms with Crippen LogP contribution in [0.1, 0.15) is 120 Å². The lowest BCUT2D eigenvalue weighted by molar-refractivity contribution is -0.157. The molecule has 69 heavy (non-hydrogen) atoms. The van der Waals surface area contributed by atoms with Crippen molar-refractivity contribution >= 4 is 59.3 Å². The van der Waals surface area contributed by atoms with Gasteiger partial charge in [0.2, 0.25) is 6.29 Å². The van der Waals surface area contributed by atoms with Crippen molar-refractivity contribution in [2.45, 2.75) is 149 Å². The Labute approximate surface area is 423 Å².